The van der Waals surface area contributed by atoms with Crippen LogP contribution >= 0.6 is 0 Å². The highest BCUT2D eigenvalue weighted by Crippen LogP contribution is 2.65. The molecule has 5 nitrogen and oxygen atoms in total. The first-order valence-corrected chi connectivity index (χ1v) is 9.07. The van der Waals surface area contributed by atoms with Gasteiger partial charge in [0.1, 0.15) is 6.54 Å². The van der Waals surface area contributed by atoms with E-state index in [-0.39, 0.29) is 34.9 Å². The van der Waals surface area contributed by atoms with E-state index in [9.17, 15) is 9.59 Å². The minimum absolute atomic E-state index is 0.0412. The SMILES string of the molecule is CC1(C)[C@H]2CC[C@]1(C)[C@H](NC(=O)Cn1c(=O)cnc3ccccc31)C2. The molecule has 5 heteroatoms. The van der Waals surface area contributed by atoms with Gasteiger partial charge in [-0.3, -0.25) is 14.2 Å². The summed E-state index contributed by atoms with van der Waals surface area (Å²) < 4.78 is 1.51. The van der Waals surface area contributed by atoms with E-state index >= 15 is 0 Å². The van der Waals surface area contributed by atoms with Gasteiger partial charge in [-0.25, -0.2) is 4.98 Å². The number of nitrogens with one attached hydrogen (secondary N) is 1. The minimum Gasteiger partial charge on any atom is -0.351 e. The topological polar surface area (TPSA) is 64.0 Å². The molecule has 25 heavy (non-hydrogen) atoms. The normalized spacial score (nSPS) is 29.9. The van der Waals surface area contributed by atoms with Crippen molar-refractivity contribution in [2.45, 2.75) is 52.6 Å². The number of hydrogen-bond donors (Lipinski definition) is 1. The van der Waals surface area contributed by atoms with Crippen molar-refractivity contribution >= 4 is 16.9 Å². The van der Waals surface area contributed by atoms with E-state index in [1.54, 1.807) is 0 Å². The van der Waals surface area contributed by atoms with Gasteiger partial charge in [-0.15, -0.1) is 0 Å². The van der Waals surface area contributed by atoms with Gasteiger partial charge in [-0.2, -0.15) is 0 Å². The van der Waals surface area contributed by atoms with Crippen molar-refractivity contribution in [3.63, 3.8) is 0 Å². The number of aromatic nitrogens is 2. The molecule has 0 spiro atoms. The van der Waals surface area contributed by atoms with Crippen LogP contribution in [0.2, 0.25) is 0 Å². The first-order chi connectivity index (χ1) is 11.8. The summed E-state index contributed by atoms with van der Waals surface area (Å²) in [6, 6.07) is 7.61. The Morgan fingerprint density at radius 3 is 2.76 bits per heavy atom. The predicted molar refractivity (Wildman–Crippen MR) is 97.2 cm³/mol. The summed E-state index contributed by atoms with van der Waals surface area (Å²) in [6.45, 7) is 7.01. The molecule has 0 radical (unpaired) electrons. The number of carbonyl (C=O) groups excluding carboxylic acids is 1. The lowest BCUT2D eigenvalue weighted by atomic mass is 9.69. The quantitative estimate of drug-likeness (QED) is 0.935. The Morgan fingerprint density at radius 2 is 2.08 bits per heavy atom. The van der Waals surface area contributed by atoms with E-state index in [1.807, 2.05) is 24.3 Å². The zero-order valence-corrected chi connectivity index (χ0v) is 15.1. The molecule has 0 unspecified atom stereocenters. The van der Waals surface area contributed by atoms with Gasteiger partial charge in [0, 0.05) is 6.04 Å². The van der Waals surface area contributed by atoms with E-state index in [2.05, 4.69) is 31.1 Å². The van der Waals surface area contributed by atoms with Crippen LogP contribution in [-0.2, 0) is 11.3 Å². The van der Waals surface area contributed by atoms with Crippen LogP contribution in [0.5, 0.6) is 0 Å². The lowest BCUT2D eigenvalue weighted by molar-refractivity contribution is -0.123. The Kier molecular flexibility index (Phi) is 3.53. The number of carbonyl (C=O) groups is 1. The Labute approximate surface area is 147 Å². The maximum Gasteiger partial charge on any atom is 0.269 e. The molecular weight excluding hydrogens is 314 g/mol. The average molecular weight is 339 g/mol. The molecule has 1 amide bonds. The highest BCUT2D eigenvalue weighted by molar-refractivity contribution is 5.80. The third-order valence-corrected chi connectivity index (χ3v) is 7.18. The molecule has 1 N–H and O–H groups in total. The zero-order chi connectivity index (χ0) is 17.8. The summed E-state index contributed by atoms with van der Waals surface area (Å²) in [4.78, 5) is 29.1. The fraction of sp³-hybridized carbons (Fsp3) is 0.550. The number of nitrogens with zero attached hydrogens (tertiary/aromatic N) is 2. The van der Waals surface area contributed by atoms with Crippen LogP contribution in [0.3, 0.4) is 0 Å². The first kappa shape index (κ1) is 16.3. The molecule has 2 aromatic rings. The summed E-state index contributed by atoms with van der Waals surface area (Å²) in [7, 11) is 0. The summed E-state index contributed by atoms with van der Waals surface area (Å²) in [5.41, 5.74) is 1.57. The Bertz CT molecular complexity index is 901. The Hall–Kier alpha value is -2.17. The molecule has 2 aliphatic carbocycles. The highest BCUT2D eigenvalue weighted by atomic mass is 16.2. The third-order valence-electron chi connectivity index (χ3n) is 7.18. The van der Waals surface area contributed by atoms with Gasteiger partial charge < -0.3 is 5.32 Å². The lowest BCUT2D eigenvalue weighted by Crippen LogP contribution is -2.48. The van der Waals surface area contributed by atoms with Crippen molar-refractivity contribution in [2.75, 3.05) is 0 Å². The van der Waals surface area contributed by atoms with Crippen LogP contribution in [0.4, 0.5) is 0 Å². The molecule has 2 fully saturated rings. The van der Waals surface area contributed by atoms with Crippen LogP contribution in [0.25, 0.3) is 11.0 Å². The van der Waals surface area contributed by atoms with Crippen LogP contribution < -0.4 is 10.9 Å². The molecule has 0 aliphatic heterocycles. The van der Waals surface area contributed by atoms with E-state index < -0.39 is 0 Å². The maximum absolute atomic E-state index is 12.7. The van der Waals surface area contributed by atoms with Gasteiger partial charge in [-0.05, 0) is 48.1 Å². The van der Waals surface area contributed by atoms with Gasteiger partial charge in [0.15, 0.2) is 0 Å². The van der Waals surface area contributed by atoms with Crippen LogP contribution in [0.15, 0.2) is 35.3 Å². The molecule has 1 aromatic heterocycles. The average Bonchev–Trinajstić information content (AvgIpc) is 2.91. The van der Waals surface area contributed by atoms with Gasteiger partial charge >= 0.3 is 0 Å². The van der Waals surface area contributed by atoms with Crippen molar-refractivity contribution in [3.8, 4) is 0 Å². The van der Waals surface area contributed by atoms with Crippen molar-refractivity contribution in [1.82, 2.24) is 14.9 Å². The largest absolute Gasteiger partial charge is 0.351 e. The molecule has 1 aromatic carbocycles. The number of hydrogen-bond acceptors (Lipinski definition) is 3. The Morgan fingerprint density at radius 1 is 1.32 bits per heavy atom. The highest BCUT2D eigenvalue weighted by Gasteiger charge is 2.61. The summed E-state index contributed by atoms with van der Waals surface area (Å²) in [5.74, 6) is 0.584. The maximum atomic E-state index is 12.7. The monoisotopic (exact) mass is 339 g/mol. The van der Waals surface area contributed by atoms with E-state index in [1.165, 1.54) is 17.2 Å². The van der Waals surface area contributed by atoms with Crippen LogP contribution in [0.1, 0.15) is 40.0 Å². The van der Waals surface area contributed by atoms with Crippen LogP contribution in [-0.4, -0.2) is 21.5 Å². The van der Waals surface area contributed by atoms with Gasteiger partial charge in [0.25, 0.3) is 5.56 Å². The second-order valence-corrected chi connectivity index (χ2v) is 8.40. The van der Waals surface area contributed by atoms with E-state index in [0.29, 0.717) is 11.4 Å². The summed E-state index contributed by atoms with van der Waals surface area (Å²) in [5, 5.41) is 3.23. The van der Waals surface area contributed by atoms with Gasteiger partial charge in [0.05, 0.1) is 17.2 Å². The van der Waals surface area contributed by atoms with E-state index in [4.69, 9.17) is 0 Å². The predicted octanol–water partition coefficient (Wildman–Crippen LogP) is 2.73. The molecule has 2 bridgehead atoms. The minimum atomic E-state index is -0.242. The van der Waals surface area contributed by atoms with Crippen molar-refractivity contribution in [1.29, 1.82) is 0 Å². The number of amides is 1. The second-order valence-electron chi connectivity index (χ2n) is 8.40. The van der Waals surface area contributed by atoms with Crippen molar-refractivity contribution in [2.24, 2.45) is 16.7 Å². The Balaban J connectivity index is 1.57. The summed E-state index contributed by atoms with van der Waals surface area (Å²) >= 11 is 0. The number of benzene rings is 1. The summed E-state index contributed by atoms with van der Waals surface area (Å²) in [6.07, 6.45) is 4.75. The number of para-hydroxylation sites is 2. The standard InChI is InChI=1S/C20H25N3O2/c1-19(2)13-8-9-20(19,3)16(10-13)22-17(24)12-23-15-7-5-4-6-14(15)21-11-18(23)25/h4-7,11,13,16H,8-10,12H2,1-3H3,(H,22,24)/t13-,16+,20+/m0/s1. The van der Waals surface area contributed by atoms with E-state index in [0.717, 1.165) is 18.4 Å². The smallest absolute Gasteiger partial charge is 0.269 e. The van der Waals surface area contributed by atoms with Crippen molar-refractivity contribution < 1.29 is 4.79 Å². The fourth-order valence-electron chi connectivity index (χ4n) is 5.08. The molecule has 4 rings (SSSR count). The molecule has 1 heterocycles. The zero-order valence-electron chi connectivity index (χ0n) is 15.1. The number of fused-ring (bicyclic) bond motifs is 3. The van der Waals surface area contributed by atoms with Crippen LogP contribution in [0, 0.1) is 16.7 Å². The number of rotatable bonds is 3. The van der Waals surface area contributed by atoms with Gasteiger partial charge in [-0.1, -0.05) is 32.9 Å². The fourth-order valence-corrected chi connectivity index (χ4v) is 5.08. The lowest BCUT2D eigenvalue weighted by Gasteiger charge is -2.39. The third kappa shape index (κ3) is 2.32. The molecule has 3 atom stereocenters. The first-order valence-electron chi connectivity index (χ1n) is 9.07. The molecule has 132 valence electrons. The molecule has 0 saturated heterocycles. The molecule has 2 aliphatic rings. The van der Waals surface area contributed by atoms with Crippen molar-refractivity contribution in [3.05, 3.63) is 40.8 Å². The molecule has 2 saturated carbocycles. The van der Waals surface area contributed by atoms with Gasteiger partial charge in [0.2, 0.25) is 5.91 Å². The molecular formula is C20H25N3O2. The second kappa shape index (κ2) is 5.41.